The summed E-state index contributed by atoms with van der Waals surface area (Å²) in [6.07, 6.45) is 0.541. The van der Waals surface area contributed by atoms with Crippen molar-refractivity contribution >= 4 is 15.7 Å². The molecule has 4 rings (SSSR count). The predicted octanol–water partition coefficient (Wildman–Crippen LogP) is 4.54. The van der Waals surface area contributed by atoms with Crippen LogP contribution >= 0.6 is 0 Å². The molecule has 0 spiro atoms. The second-order valence-corrected chi connectivity index (χ2v) is 8.43. The van der Waals surface area contributed by atoms with E-state index >= 15 is 0 Å². The topological polar surface area (TPSA) is 49.7 Å². The summed E-state index contributed by atoms with van der Waals surface area (Å²) in [5.74, 6) is 0. The first-order chi connectivity index (χ1) is 13.1. The highest BCUT2D eigenvalue weighted by atomic mass is 32.2. The summed E-state index contributed by atoms with van der Waals surface area (Å²) in [5, 5.41) is 4.55. The lowest BCUT2D eigenvalue weighted by atomic mass is 9.99. The average molecular weight is 376 g/mol. The Labute approximate surface area is 159 Å². The van der Waals surface area contributed by atoms with E-state index in [4.69, 9.17) is 0 Å². The minimum atomic E-state index is -3.75. The van der Waals surface area contributed by atoms with Gasteiger partial charge in [0.2, 0.25) is 0 Å². The second-order valence-electron chi connectivity index (χ2n) is 6.63. The minimum Gasteiger partial charge on any atom is -0.200 e. The molecule has 0 aliphatic carbocycles. The summed E-state index contributed by atoms with van der Waals surface area (Å²) in [5.41, 5.74) is 3.67. The molecule has 0 bridgehead atoms. The molecule has 0 saturated heterocycles. The molecular formula is C22H20N2O2S. The first kappa shape index (κ1) is 17.5. The smallest absolute Gasteiger partial charge is 0.200 e. The molecule has 5 heteroatoms. The third-order valence-electron chi connectivity index (χ3n) is 4.73. The van der Waals surface area contributed by atoms with Crippen molar-refractivity contribution in [3.63, 3.8) is 0 Å². The van der Waals surface area contributed by atoms with E-state index in [0.29, 0.717) is 6.42 Å². The molecule has 3 aromatic rings. The number of aryl methyl sites for hydroxylation is 1. The lowest BCUT2D eigenvalue weighted by Crippen LogP contribution is -2.27. The number of rotatable bonds is 4. The summed E-state index contributed by atoms with van der Waals surface area (Å²) in [6, 6.07) is 26.0. The Morgan fingerprint density at radius 3 is 2.07 bits per heavy atom. The minimum absolute atomic E-state index is 0.257. The molecule has 0 amide bonds. The first-order valence-electron chi connectivity index (χ1n) is 8.85. The fourth-order valence-electron chi connectivity index (χ4n) is 3.26. The van der Waals surface area contributed by atoms with Crippen molar-refractivity contribution in [2.24, 2.45) is 5.10 Å². The van der Waals surface area contributed by atoms with Gasteiger partial charge in [0, 0.05) is 6.42 Å². The zero-order valence-electron chi connectivity index (χ0n) is 15.0. The maximum Gasteiger partial charge on any atom is 0.279 e. The lowest BCUT2D eigenvalue weighted by Gasteiger charge is -2.23. The van der Waals surface area contributed by atoms with Gasteiger partial charge in [-0.25, -0.2) is 0 Å². The van der Waals surface area contributed by atoms with Crippen molar-refractivity contribution in [1.29, 1.82) is 0 Å². The summed E-state index contributed by atoms with van der Waals surface area (Å²) in [7, 11) is -3.75. The van der Waals surface area contributed by atoms with Gasteiger partial charge in [-0.3, -0.25) is 0 Å². The van der Waals surface area contributed by atoms with Crippen LogP contribution in [0.1, 0.15) is 29.2 Å². The molecule has 0 N–H and O–H groups in total. The molecule has 1 aliphatic rings. The van der Waals surface area contributed by atoms with Crippen molar-refractivity contribution in [2.75, 3.05) is 0 Å². The van der Waals surface area contributed by atoms with Crippen LogP contribution in [0.5, 0.6) is 0 Å². The predicted molar refractivity (Wildman–Crippen MR) is 107 cm³/mol. The fraction of sp³-hybridized carbons (Fsp3) is 0.136. The zero-order chi connectivity index (χ0) is 18.9. The first-order valence-corrected chi connectivity index (χ1v) is 10.3. The van der Waals surface area contributed by atoms with Crippen LogP contribution < -0.4 is 0 Å². The highest BCUT2D eigenvalue weighted by molar-refractivity contribution is 7.89. The van der Waals surface area contributed by atoms with Crippen LogP contribution in [0.3, 0.4) is 0 Å². The van der Waals surface area contributed by atoms with Crippen LogP contribution in [0.2, 0.25) is 0 Å². The van der Waals surface area contributed by atoms with Gasteiger partial charge in [0.1, 0.15) is 0 Å². The third-order valence-corrected chi connectivity index (χ3v) is 6.43. The van der Waals surface area contributed by atoms with Crippen LogP contribution in [-0.4, -0.2) is 18.5 Å². The SMILES string of the molecule is Cc1ccc(S(=O)(=O)N2N=C(c3ccccc3)C[C@@H]2c2ccccc2)cc1. The van der Waals surface area contributed by atoms with Crippen molar-refractivity contribution in [2.45, 2.75) is 24.3 Å². The molecule has 0 fully saturated rings. The highest BCUT2D eigenvalue weighted by Crippen LogP contribution is 2.37. The van der Waals surface area contributed by atoms with Gasteiger partial charge in [0.15, 0.2) is 0 Å². The van der Waals surface area contributed by atoms with Crippen LogP contribution in [0.4, 0.5) is 0 Å². The van der Waals surface area contributed by atoms with Crippen molar-refractivity contribution in [3.05, 3.63) is 102 Å². The van der Waals surface area contributed by atoms with Gasteiger partial charge in [-0.05, 0) is 30.2 Å². The second kappa shape index (κ2) is 7.00. The standard InChI is InChI=1S/C22H20N2O2S/c1-17-12-14-20(15-13-17)27(25,26)24-22(19-10-6-3-7-11-19)16-21(23-24)18-8-4-2-5-9-18/h2-15,22H,16H2,1H3/t22-/m1/s1. The quantitative estimate of drug-likeness (QED) is 0.671. The number of hydrogen-bond donors (Lipinski definition) is 0. The zero-order valence-corrected chi connectivity index (χ0v) is 15.8. The normalized spacial score (nSPS) is 17.0. The van der Waals surface area contributed by atoms with Gasteiger partial charge in [-0.15, -0.1) is 0 Å². The summed E-state index contributed by atoms with van der Waals surface area (Å²) in [4.78, 5) is 0.257. The number of sulfonamides is 1. The highest BCUT2D eigenvalue weighted by Gasteiger charge is 2.37. The number of nitrogens with zero attached hydrogens (tertiary/aromatic N) is 2. The molecule has 27 heavy (non-hydrogen) atoms. The maximum atomic E-state index is 13.3. The summed E-state index contributed by atoms with van der Waals surface area (Å²) < 4.78 is 27.9. The van der Waals surface area contributed by atoms with Crippen LogP contribution in [0.25, 0.3) is 0 Å². The average Bonchev–Trinajstić information content (AvgIpc) is 3.16. The molecule has 0 saturated carbocycles. The Morgan fingerprint density at radius 1 is 0.852 bits per heavy atom. The summed E-state index contributed by atoms with van der Waals surface area (Å²) in [6.45, 7) is 1.94. The molecule has 0 unspecified atom stereocenters. The van der Waals surface area contributed by atoms with E-state index in [9.17, 15) is 8.42 Å². The Hall–Kier alpha value is -2.92. The van der Waals surface area contributed by atoms with Gasteiger partial charge in [0.05, 0.1) is 16.6 Å². The van der Waals surface area contributed by atoms with Gasteiger partial charge in [0.25, 0.3) is 10.0 Å². The Bertz CT molecular complexity index is 1060. The van der Waals surface area contributed by atoms with Crippen molar-refractivity contribution < 1.29 is 8.42 Å². The Kier molecular flexibility index (Phi) is 4.54. The van der Waals surface area contributed by atoms with E-state index in [1.54, 1.807) is 12.1 Å². The molecule has 1 atom stereocenters. The van der Waals surface area contributed by atoms with Crippen molar-refractivity contribution in [1.82, 2.24) is 4.41 Å². The van der Waals surface area contributed by atoms with E-state index in [1.807, 2.05) is 79.7 Å². The van der Waals surface area contributed by atoms with Gasteiger partial charge < -0.3 is 0 Å². The summed E-state index contributed by atoms with van der Waals surface area (Å²) >= 11 is 0. The molecule has 136 valence electrons. The van der Waals surface area contributed by atoms with E-state index < -0.39 is 10.0 Å². The molecule has 3 aromatic carbocycles. The monoisotopic (exact) mass is 376 g/mol. The van der Waals surface area contributed by atoms with Crippen molar-refractivity contribution in [3.8, 4) is 0 Å². The van der Waals surface area contributed by atoms with E-state index in [2.05, 4.69) is 5.10 Å². The maximum absolute atomic E-state index is 13.3. The number of hydrogen-bond acceptors (Lipinski definition) is 3. The number of hydrazone groups is 1. The van der Waals surface area contributed by atoms with E-state index in [-0.39, 0.29) is 10.9 Å². The molecule has 4 nitrogen and oxygen atoms in total. The van der Waals surface area contributed by atoms with Gasteiger partial charge in [-0.2, -0.15) is 17.9 Å². The molecule has 1 aliphatic heterocycles. The molecule has 0 radical (unpaired) electrons. The molecular weight excluding hydrogens is 356 g/mol. The van der Waals surface area contributed by atoms with Crippen LogP contribution in [0.15, 0.2) is 94.9 Å². The molecule has 0 aromatic heterocycles. The third kappa shape index (κ3) is 3.38. The number of benzene rings is 3. The fourth-order valence-corrected chi connectivity index (χ4v) is 4.69. The van der Waals surface area contributed by atoms with E-state index in [0.717, 1.165) is 22.4 Å². The Morgan fingerprint density at radius 2 is 1.44 bits per heavy atom. The largest absolute Gasteiger partial charge is 0.279 e. The van der Waals surface area contributed by atoms with E-state index in [1.165, 1.54) is 4.41 Å². The Balaban J connectivity index is 1.80. The molecule has 1 heterocycles. The lowest BCUT2D eigenvalue weighted by molar-refractivity contribution is 0.371. The van der Waals surface area contributed by atoms with Crippen LogP contribution in [0, 0.1) is 6.92 Å². The van der Waals surface area contributed by atoms with Gasteiger partial charge in [-0.1, -0.05) is 78.4 Å². The van der Waals surface area contributed by atoms with Gasteiger partial charge >= 0.3 is 0 Å². The van der Waals surface area contributed by atoms with Crippen LogP contribution in [-0.2, 0) is 10.0 Å².